The summed E-state index contributed by atoms with van der Waals surface area (Å²) in [5, 5.41) is 12.1. The van der Waals surface area contributed by atoms with Gasteiger partial charge in [0.1, 0.15) is 6.10 Å². The minimum atomic E-state index is -0.533. The molecule has 1 aliphatic heterocycles. The van der Waals surface area contributed by atoms with Gasteiger partial charge in [0.2, 0.25) is 0 Å². The Labute approximate surface area is 150 Å². The third kappa shape index (κ3) is 3.82. The van der Waals surface area contributed by atoms with Crippen LogP contribution in [-0.2, 0) is 9.63 Å². The van der Waals surface area contributed by atoms with Gasteiger partial charge >= 0.3 is 0 Å². The largest absolute Gasteiger partial charge is 0.351 e. The van der Waals surface area contributed by atoms with Crippen LogP contribution >= 0.6 is 11.6 Å². The molecule has 25 heavy (non-hydrogen) atoms. The van der Waals surface area contributed by atoms with Gasteiger partial charge in [-0.05, 0) is 17.7 Å². The van der Waals surface area contributed by atoms with E-state index in [-0.39, 0.29) is 18.9 Å². The maximum atomic E-state index is 12.7. The Morgan fingerprint density at radius 3 is 2.60 bits per heavy atom. The van der Waals surface area contributed by atoms with Crippen molar-refractivity contribution in [2.24, 2.45) is 0 Å². The van der Waals surface area contributed by atoms with E-state index in [2.05, 4.69) is 10.8 Å². The summed E-state index contributed by atoms with van der Waals surface area (Å²) in [7, 11) is 0. The standard InChI is InChI=1S/C19H16ClN3O2/c20-15-9-7-13(8-10-15)17-16(19(24)22-12-4-11-21)18(25-23-17)14-5-2-1-3-6-14/h1-3,5-10,18,23H,4,12H2,(H,22,24)/t18-/m1/s1. The van der Waals surface area contributed by atoms with Crippen molar-refractivity contribution in [3.05, 3.63) is 76.3 Å². The number of nitrogens with zero attached hydrogens (tertiary/aromatic N) is 1. The van der Waals surface area contributed by atoms with E-state index >= 15 is 0 Å². The van der Waals surface area contributed by atoms with E-state index in [0.29, 0.717) is 16.3 Å². The van der Waals surface area contributed by atoms with Crippen LogP contribution in [0.5, 0.6) is 0 Å². The van der Waals surface area contributed by atoms with Crippen LogP contribution in [0.4, 0.5) is 0 Å². The molecule has 2 aromatic rings. The number of carbonyl (C=O) groups is 1. The highest BCUT2D eigenvalue weighted by molar-refractivity contribution is 6.30. The Bertz CT molecular complexity index is 826. The van der Waals surface area contributed by atoms with E-state index in [9.17, 15) is 4.79 Å². The van der Waals surface area contributed by atoms with E-state index in [1.807, 2.05) is 48.5 Å². The van der Waals surface area contributed by atoms with Gasteiger partial charge in [-0.1, -0.05) is 54.1 Å². The number of carbonyl (C=O) groups excluding carboxylic acids is 1. The number of rotatable bonds is 5. The number of nitrogens with one attached hydrogen (secondary N) is 2. The number of hydrogen-bond acceptors (Lipinski definition) is 4. The highest BCUT2D eigenvalue weighted by atomic mass is 35.5. The molecule has 0 fully saturated rings. The number of amides is 1. The van der Waals surface area contributed by atoms with Gasteiger partial charge in [0.15, 0.2) is 0 Å². The van der Waals surface area contributed by atoms with Crippen LogP contribution in [0.15, 0.2) is 60.2 Å². The molecule has 1 aliphatic rings. The SMILES string of the molecule is N#CCCNC(=O)C1=C(c2ccc(Cl)cc2)NO[C@@H]1c1ccccc1. The normalized spacial score (nSPS) is 16.2. The van der Waals surface area contributed by atoms with Gasteiger partial charge in [0.25, 0.3) is 5.91 Å². The van der Waals surface area contributed by atoms with Crippen LogP contribution in [0, 0.1) is 11.3 Å². The zero-order valence-corrected chi connectivity index (χ0v) is 14.1. The lowest BCUT2D eigenvalue weighted by Gasteiger charge is -2.13. The molecule has 0 aliphatic carbocycles. The van der Waals surface area contributed by atoms with Crippen LogP contribution in [0.2, 0.25) is 5.02 Å². The molecular weight excluding hydrogens is 338 g/mol. The fourth-order valence-corrected chi connectivity index (χ4v) is 2.74. The number of hydroxylamine groups is 1. The summed E-state index contributed by atoms with van der Waals surface area (Å²) >= 11 is 5.95. The summed E-state index contributed by atoms with van der Waals surface area (Å²) < 4.78 is 0. The summed E-state index contributed by atoms with van der Waals surface area (Å²) in [6.45, 7) is 0.286. The lowest BCUT2D eigenvalue weighted by Crippen LogP contribution is -2.28. The molecule has 1 heterocycles. The maximum Gasteiger partial charge on any atom is 0.252 e. The first kappa shape index (κ1) is 17.0. The Morgan fingerprint density at radius 1 is 1.20 bits per heavy atom. The number of halogens is 1. The Balaban J connectivity index is 1.99. The second-order valence-electron chi connectivity index (χ2n) is 5.47. The van der Waals surface area contributed by atoms with Crippen LogP contribution in [-0.4, -0.2) is 12.5 Å². The molecule has 0 saturated carbocycles. The first-order chi connectivity index (χ1) is 12.2. The predicted octanol–water partition coefficient (Wildman–Crippen LogP) is 3.36. The van der Waals surface area contributed by atoms with Crippen LogP contribution in [0.3, 0.4) is 0 Å². The third-order valence-corrected chi connectivity index (χ3v) is 4.06. The highest BCUT2D eigenvalue weighted by Gasteiger charge is 2.33. The third-order valence-electron chi connectivity index (χ3n) is 3.81. The Hall–Kier alpha value is -2.81. The van der Waals surface area contributed by atoms with Crippen molar-refractivity contribution in [3.8, 4) is 6.07 Å². The van der Waals surface area contributed by atoms with Crippen molar-refractivity contribution in [1.82, 2.24) is 10.8 Å². The number of nitriles is 1. The molecule has 5 nitrogen and oxygen atoms in total. The minimum Gasteiger partial charge on any atom is -0.351 e. The molecule has 2 N–H and O–H groups in total. The second kappa shape index (κ2) is 7.84. The molecular formula is C19H16ClN3O2. The second-order valence-corrected chi connectivity index (χ2v) is 5.91. The minimum absolute atomic E-state index is 0.250. The molecule has 0 bridgehead atoms. The summed E-state index contributed by atoms with van der Waals surface area (Å²) in [5.41, 5.74) is 5.61. The van der Waals surface area contributed by atoms with E-state index in [1.165, 1.54) is 0 Å². The lowest BCUT2D eigenvalue weighted by atomic mass is 9.97. The zero-order valence-electron chi connectivity index (χ0n) is 13.3. The highest BCUT2D eigenvalue weighted by Crippen LogP contribution is 2.36. The molecule has 1 amide bonds. The molecule has 0 saturated heterocycles. The van der Waals surface area contributed by atoms with Crippen molar-refractivity contribution in [2.45, 2.75) is 12.5 Å². The van der Waals surface area contributed by atoms with Gasteiger partial charge in [-0.3, -0.25) is 15.1 Å². The molecule has 126 valence electrons. The smallest absolute Gasteiger partial charge is 0.252 e. The number of benzene rings is 2. The summed E-state index contributed by atoms with van der Waals surface area (Å²) in [6, 6.07) is 18.7. The van der Waals surface area contributed by atoms with E-state index in [4.69, 9.17) is 21.7 Å². The van der Waals surface area contributed by atoms with Crippen LogP contribution in [0.25, 0.3) is 5.70 Å². The van der Waals surface area contributed by atoms with E-state index in [1.54, 1.807) is 12.1 Å². The van der Waals surface area contributed by atoms with E-state index in [0.717, 1.165) is 11.1 Å². The van der Waals surface area contributed by atoms with Crippen molar-refractivity contribution in [3.63, 3.8) is 0 Å². The fraction of sp³-hybridized carbons (Fsp3) is 0.158. The molecule has 0 radical (unpaired) electrons. The monoisotopic (exact) mass is 353 g/mol. The Kier molecular flexibility index (Phi) is 5.34. The van der Waals surface area contributed by atoms with Gasteiger partial charge in [-0.25, -0.2) is 0 Å². The first-order valence-electron chi connectivity index (χ1n) is 7.82. The van der Waals surface area contributed by atoms with Crippen molar-refractivity contribution >= 4 is 23.2 Å². The topological polar surface area (TPSA) is 74.2 Å². The fourth-order valence-electron chi connectivity index (χ4n) is 2.62. The van der Waals surface area contributed by atoms with E-state index < -0.39 is 6.10 Å². The molecule has 3 rings (SSSR count). The molecule has 2 aromatic carbocycles. The number of hydrogen-bond donors (Lipinski definition) is 2. The predicted molar refractivity (Wildman–Crippen MR) is 95.0 cm³/mol. The van der Waals surface area contributed by atoms with Crippen molar-refractivity contribution < 1.29 is 9.63 Å². The Morgan fingerprint density at radius 2 is 1.92 bits per heavy atom. The quantitative estimate of drug-likeness (QED) is 0.808. The van der Waals surface area contributed by atoms with Gasteiger partial charge in [0, 0.05) is 17.1 Å². The van der Waals surface area contributed by atoms with Gasteiger partial charge in [0.05, 0.1) is 23.8 Å². The van der Waals surface area contributed by atoms with Crippen LogP contribution < -0.4 is 10.8 Å². The van der Waals surface area contributed by atoms with Crippen molar-refractivity contribution in [1.29, 1.82) is 5.26 Å². The van der Waals surface area contributed by atoms with Gasteiger partial charge < -0.3 is 5.32 Å². The molecule has 0 unspecified atom stereocenters. The summed E-state index contributed by atoms with van der Waals surface area (Å²) in [4.78, 5) is 18.4. The summed E-state index contributed by atoms with van der Waals surface area (Å²) in [6.07, 6.45) is -0.284. The average Bonchev–Trinajstić information content (AvgIpc) is 3.08. The molecule has 6 heteroatoms. The van der Waals surface area contributed by atoms with Gasteiger partial charge in [-0.2, -0.15) is 5.26 Å². The first-order valence-corrected chi connectivity index (χ1v) is 8.20. The zero-order chi connectivity index (χ0) is 17.6. The molecule has 0 spiro atoms. The summed E-state index contributed by atoms with van der Waals surface area (Å²) in [5.74, 6) is -0.265. The maximum absolute atomic E-state index is 12.7. The van der Waals surface area contributed by atoms with Gasteiger partial charge in [-0.15, -0.1) is 0 Å². The lowest BCUT2D eigenvalue weighted by molar-refractivity contribution is -0.118. The average molecular weight is 354 g/mol. The molecule has 1 atom stereocenters. The van der Waals surface area contributed by atoms with Crippen molar-refractivity contribution in [2.75, 3.05) is 6.54 Å². The molecule has 0 aromatic heterocycles. The van der Waals surface area contributed by atoms with Crippen LogP contribution in [0.1, 0.15) is 23.7 Å².